The molecule has 0 aliphatic carbocycles. The molecule has 29 heavy (non-hydrogen) atoms. The maximum atomic E-state index is 13.1. The minimum Gasteiger partial charge on any atom is -0.376 e. The van der Waals surface area contributed by atoms with Crippen molar-refractivity contribution in [2.24, 2.45) is 7.05 Å². The van der Waals surface area contributed by atoms with Gasteiger partial charge in [0.1, 0.15) is 0 Å². The smallest absolute Gasteiger partial charge is 0.262 e. The highest BCUT2D eigenvalue weighted by Crippen LogP contribution is 2.23. The van der Waals surface area contributed by atoms with Crippen molar-refractivity contribution in [3.05, 3.63) is 57.6 Å². The number of ether oxygens (including phenoxy) is 1. The third-order valence-electron chi connectivity index (χ3n) is 5.64. The first-order valence-corrected chi connectivity index (χ1v) is 10.8. The Hall–Kier alpha value is -2.38. The molecule has 3 heterocycles. The Labute approximate surface area is 173 Å². The molecular weight excluding hydrogens is 386 g/mol. The van der Waals surface area contributed by atoms with Crippen molar-refractivity contribution in [2.75, 3.05) is 12.4 Å². The van der Waals surface area contributed by atoms with Crippen molar-refractivity contribution < 1.29 is 9.53 Å². The standard InChI is InChI=1S/C22H25N3O3S/c1-14-11-18(15(2)24(14)3)20(26)13-29-22-23-19-9-5-4-8-17(19)21(27)25(22)12-16-7-6-10-28-16/h4-5,8-9,11,16H,6-7,10,12-13H2,1-3H3/t16-/m1/s1. The quantitative estimate of drug-likeness (QED) is 0.353. The molecule has 3 aromatic rings. The van der Waals surface area contributed by atoms with Crippen LogP contribution in [0.2, 0.25) is 0 Å². The first-order valence-electron chi connectivity index (χ1n) is 9.86. The van der Waals surface area contributed by atoms with Crippen LogP contribution in [0.25, 0.3) is 10.9 Å². The zero-order valence-electron chi connectivity index (χ0n) is 17.0. The molecule has 4 rings (SSSR count). The highest BCUT2D eigenvalue weighted by atomic mass is 32.2. The van der Waals surface area contributed by atoms with Crippen molar-refractivity contribution in [1.29, 1.82) is 0 Å². The minimum atomic E-state index is -0.0761. The van der Waals surface area contributed by atoms with Crippen LogP contribution in [0.15, 0.2) is 40.3 Å². The first kappa shape index (κ1) is 19.9. The van der Waals surface area contributed by atoms with Crippen LogP contribution in [-0.4, -0.2) is 38.4 Å². The highest BCUT2D eigenvalue weighted by molar-refractivity contribution is 7.99. The summed E-state index contributed by atoms with van der Waals surface area (Å²) < 4.78 is 9.43. The molecule has 152 valence electrons. The molecule has 1 aliphatic rings. The fraction of sp³-hybridized carbons (Fsp3) is 0.409. The molecule has 7 heteroatoms. The SMILES string of the molecule is Cc1cc(C(=O)CSc2nc3ccccc3c(=O)n2C[C@H]2CCCO2)c(C)n1C. The van der Waals surface area contributed by atoms with Crippen LogP contribution < -0.4 is 5.56 Å². The van der Waals surface area contributed by atoms with Gasteiger partial charge in [-0.15, -0.1) is 0 Å². The molecule has 1 atom stereocenters. The monoisotopic (exact) mass is 411 g/mol. The molecule has 0 unspecified atom stereocenters. The van der Waals surface area contributed by atoms with Gasteiger partial charge in [0.25, 0.3) is 5.56 Å². The summed E-state index contributed by atoms with van der Waals surface area (Å²) in [5.74, 6) is 0.280. The Balaban J connectivity index is 1.65. The molecule has 0 saturated carbocycles. The fourth-order valence-corrected chi connectivity index (χ4v) is 4.65. The molecule has 0 spiro atoms. The number of hydrogen-bond donors (Lipinski definition) is 0. The van der Waals surface area contributed by atoms with Crippen LogP contribution in [-0.2, 0) is 18.3 Å². The lowest BCUT2D eigenvalue weighted by atomic mass is 10.2. The summed E-state index contributed by atoms with van der Waals surface area (Å²) in [6.45, 7) is 5.14. The van der Waals surface area contributed by atoms with Crippen LogP contribution in [0, 0.1) is 13.8 Å². The summed E-state index contributed by atoms with van der Waals surface area (Å²) >= 11 is 1.32. The largest absolute Gasteiger partial charge is 0.376 e. The second-order valence-corrected chi connectivity index (χ2v) is 8.46. The van der Waals surface area contributed by atoms with Gasteiger partial charge < -0.3 is 9.30 Å². The van der Waals surface area contributed by atoms with Crippen LogP contribution in [0.4, 0.5) is 0 Å². The van der Waals surface area contributed by atoms with Gasteiger partial charge in [-0.3, -0.25) is 14.2 Å². The number of nitrogens with zero attached hydrogens (tertiary/aromatic N) is 3. The molecular formula is C22H25N3O3S. The first-order chi connectivity index (χ1) is 14.0. The van der Waals surface area contributed by atoms with E-state index in [9.17, 15) is 9.59 Å². The molecule has 1 fully saturated rings. The zero-order valence-corrected chi connectivity index (χ0v) is 17.8. The molecule has 2 aromatic heterocycles. The van der Waals surface area contributed by atoms with Crippen LogP contribution in [0.5, 0.6) is 0 Å². The number of aryl methyl sites for hydroxylation is 1. The summed E-state index contributed by atoms with van der Waals surface area (Å²) in [5, 5.41) is 1.17. The van der Waals surface area contributed by atoms with Gasteiger partial charge in [-0.2, -0.15) is 0 Å². The Morgan fingerprint density at radius 2 is 2.10 bits per heavy atom. The van der Waals surface area contributed by atoms with E-state index in [1.54, 1.807) is 10.6 Å². The third-order valence-corrected chi connectivity index (χ3v) is 6.62. The summed E-state index contributed by atoms with van der Waals surface area (Å²) in [6, 6.07) is 9.27. The zero-order chi connectivity index (χ0) is 20.5. The number of benzene rings is 1. The molecule has 0 amide bonds. The Morgan fingerprint density at radius 3 is 2.79 bits per heavy atom. The van der Waals surface area contributed by atoms with Gasteiger partial charge in [0.15, 0.2) is 10.9 Å². The lowest BCUT2D eigenvalue weighted by Crippen LogP contribution is -2.29. The number of aromatic nitrogens is 3. The number of ketones is 1. The van der Waals surface area contributed by atoms with Crippen LogP contribution in [0.3, 0.4) is 0 Å². The minimum absolute atomic E-state index is 0.0183. The van der Waals surface area contributed by atoms with Crippen molar-refractivity contribution in [1.82, 2.24) is 14.1 Å². The summed E-state index contributed by atoms with van der Waals surface area (Å²) in [4.78, 5) is 30.7. The van der Waals surface area contributed by atoms with E-state index >= 15 is 0 Å². The van der Waals surface area contributed by atoms with Crippen molar-refractivity contribution >= 4 is 28.4 Å². The normalized spacial score (nSPS) is 16.6. The molecule has 0 N–H and O–H groups in total. The van der Waals surface area contributed by atoms with E-state index in [2.05, 4.69) is 0 Å². The summed E-state index contributed by atoms with van der Waals surface area (Å²) in [7, 11) is 1.96. The van der Waals surface area contributed by atoms with Crippen molar-refractivity contribution in [2.45, 2.75) is 44.5 Å². The number of Topliss-reactive ketones (excluding diaryl/α,β-unsaturated/α-hetero) is 1. The lowest BCUT2D eigenvalue weighted by Gasteiger charge is -2.16. The predicted molar refractivity (Wildman–Crippen MR) is 115 cm³/mol. The molecule has 0 radical (unpaired) electrons. The van der Waals surface area contributed by atoms with Gasteiger partial charge in [0.2, 0.25) is 0 Å². The molecule has 1 aromatic carbocycles. The van der Waals surface area contributed by atoms with E-state index in [-0.39, 0.29) is 23.2 Å². The van der Waals surface area contributed by atoms with E-state index < -0.39 is 0 Å². The number of thioether (sulfide) groups is 1. The average molecular weight is 412 g/mol. The number of rotatable bonds is 6. The number of carbonyl (C=O) groups excluding carboxylic acids is 1. The Bertz CT molecular complexity index is 1130. The van der Waals surface area contributed by atoms with Gasteiger partial charge in [0, 0.05) is 30.6 Å². The molecule has 0 bridgehead atoms. The number of carbonyl (C=O) groups is 1. The van der Waals surface area contributed by atoms with Crippen molar-refractivity contribution in [3.63, 3.8) is 0 Å². The second kappa shape index (κ2) is 8.16. The van der Waals surface area contributed by atoms with Gasteiger partial charge in [0.05, 0.1) is 29.3 Å². The van der Waals surface area contributed by atoms with Gasteiger partial charge in [-0.05, 0) is 44.9 Å². The van der Waals surface area contributed by atoms with Gasteiger partial charge in [-0.25, -0.2) is 4.98 Å². The van der Waals surface area contributed by atoms with E-state index in [0.717, 1.165) is 36.4 Å². The maximum absolute atomic E-state index is 13.1. The van der Waals surface area contributed by atoms with E-state index in [0.29, 0.717) is 22.6 Å². The van der Waals surface area contributed by atoms with Crippen LogP contribution in [0.1, 0.15) is 34.6 Å². The summed E-state index contributed by atoms with van der Waals surface area (Å²) in [6.07, 6.45) is 1.96. The van der Waals surface area contributed by atoms with E-state index in [1.165, 1.54) is 11.8 Å². The Kier molecular flexibility index (Phi) is 5.61. The molecule has 1 aliphatic heterocycles. The van der Waals surface area contributed by atoms with E-state index in [4.69, 9.17) is 9.72 Å². The van der Waals surface area contributed by atoms with Crippen LogP contribution >= 0.6 is 11.8 Å². The fourth-order valence-electron chi connectivity index (χ4n) is 3.76. The second-order valence-electron chi connectivity index (χ2n) is 7.52. The number of hydrogen-bond acceptors (Lipinski definition) is 5. The average Bonchev–Trinajstić information content (AvgIpc) is 3.32. The number of para-hydroxylation sites is 1. The molecule has 6 nitrogen and oxygen atoms in total. The highest BCUT2D eigenvalue weighted by Gasteiger charge is 2.21. The molecule has 1 saturated heterocycles. The third kappa shape index (κ3) is 3.89. The summed E-state index contributed by atoms with van der Waals surface area (Å²) in [5.41, 5.74) is 3.31. The maximum Gasteiger partial charge on any atom is 0.262 e. The van der Waals surface area contributed by atoms with Gasteiger partial charge >= 0.3 is 0 Å². The lowest BCUT2D eigenvalue weighted by molar-refractivity contribution is 0.0937. The topological polar surface area (TPSA) is 66.1 Å². The van der Waals surface area contributed by atoms with Crippen molar-refractivity contribution in [3.8, 4) is 0 Å². The van der Waals surface area contributed by atoms with E-state index in [1.807, 2.05) is 49.7 Å². The number of fused-ring (bicyclic) bond motifs is 1. The van der Waals surface area contributed by atoms with Gasteiger partial charge in [-0.1, -0.05) is 23.9 Å². The predicted octanol–water partition coefficient (Wildman–Crippen LogP) is 3.51. The Morgan fingerprint density at radius 1 is 1.31 bits per heavy atom.